The first-order valence-corrected chi connectivity index (χ1v) is 10.8. The predicted octanol–water partition coefficient (Wildman–Crippen LogP) is 3.12. The smallest absolute Gasteiger partial charge is 0.362 e. The Labute approximate surface area is 188 Å². The molecule has 174 valence electrons. The number of carbonyl (C=O) groups excluding carboxylic acids is 1. The van der Waals surface area contributed by atoms with Crippen molar-refractivity contribution in [3.05, 3.63) is 62.0 Å². The molecule has 0 spiro atoms. The summed E-state index contributed by atoms with van der Waals surface area (Å²) in [5, 5.41) is 13.6. The average Bonchev–Trinajstić information content (AvgIpc) is 3.27. The second-order valence-electron chi connectivity index (χ2n) is 7.46. The Morgan fingerprint density at radius 1 is 1.18 bits per heavy atom. The number of nitro groups is 1. The maximum Gasteiger partial charge on any atom is 0.416 e. The van der Waals surface area contributed by atoms with E-state index in [1.54, 1.807) is 21.2 Å². The summed E-state index contributed by atoms with van der Waals surface area (Å²) in [6, 6.07) is 4.13. The van der Waals surface area contributed by atoms with Crippen LogP contribution in [0, 0.1) is 10.1 Å². The van der Waals surface area contributed by atoms with Crippen molar-refractivity contribution in [3.63, 3.8) is 0 Å². The molecule has 1 saturated heterocycles. The van der Waals surface area contributed by atoms with Gasteiger partial charge in [0, 0.05) is 45.2 Å². The standard InChI is InChI=1S/C20H18F3N5O4S/c21-20(22,23)13-1-2-15(16(11-13)28(31)32)25-6-8-26(9-7-25)17(29)3-5-27-12-24-18-14(19(27)30)4-10-33-18/h1-2,4,10-12H,3,5-9H2. The number of piperazine rings is 1. The fourth-order valence-corrected chi connectivity index (χ4v) is 4.46. The molecule has 0 saturated carbocycles. The summed E-state index contributed by atoms with van der Waals surface area (Å²) in [5.41, 5.74) is -1.84. The van der Waals surface area contributed by atoms with Gasteiger partial charge in [-0.3, -0.25) is 24.3 Å². The summed E-state index contributed by atoms with van der Waals surface area (Å²) in [4.78, 5) is 43.6. The molecule has 1 amide bonds. The van der Waals surface area contributed by atoms with Gasteiger partial charge in [0.1, 0.15) is 10.5 Å². The molecule has 13 heteroatoms. The molecule has 0 aliphatic carbocycles. The van der Waals surface area contributed by atoms with Crippen LogP contribution in [0.4, 0.5) is 24.5 Å². The topological polar surface area (TPSA) is 102 Å². The number of aromatic nitrogens is 2. The second kappa shape index (κ2) is 8.81. The highest BCUT2D eigenvalue weighted by molar-refractivity contribution is 7.16. The van der Waals surface area contributed by atoms with Crippen molar-refractivity contribution in [2.75, 3.05) is 31.1 Å². The van der Waals surface area contributed by atoms with Gasteiger partial charge < -0.3 is 9.80 Å². The van der Waals surface area contributed by atoms with Crippen LogP contribution >= 0.6 is 11.3 Å². The van der Waals surface area contributed by atoms with E-state index >= 15 is 0 Å². The van der Waals surface area contributed by atoms with E-state index in [0.29, 0.717) is 16.3 Å². The largest absolute Gasteiger partial charge is 0.416 e. The molecular formula is C20H18F3N5O4S. The first kappa shape index (κ1) is 22.7. The number of thiophene rings is 1. The molecule has 1 fully saturated rings. The van der Waals surface area contributed by atoms with Gasteiger partial charge in [0.15, 0.2) is 0 Å². The molecule has 0 atom stereocenters. The van der Waals surface area contributed by atoms with Crippen LogP contribution in [-0.2, 0) is 17.5 Å². The lowest BCUT2D eigenvalue weighted by Gasteiger charge is -2.36. The summed E-state index contributed by atoms with van der Waals surface area (Å²) in [5.74, 6) is -0.186. The quantitative estimate of drug-likeness (QED) is 0.410. The van der Waals surface area contributed by atoms with Crippen LogP contribution in [0.1, 0.15) is 12.0 Å². The molecule has 33 heavy (non-hydrogen) atoms. The van der Waals surface area contributed by atoms with E-state index in [1.165, 1.54) is 22.2 Å². The van der Waals surface area contributed by atoms with Crippen LogP contribution < -0.4 is 10.5 Å². The zero-order valence-electron chi connectivity index (χ0n) is 17.1. The maximum absolute atomic E-state index is 12.9. The lowest BCUT2D eigenvalue weighted by molar-refractivity contribution is -0.384. The lowest BCUT2D eigenvalue weighted by Crippen LogP contribution is -2.49. The van der Waals surface area contributed by atoms with Gasteiger partial charge in [-0.25, -0.2) is 4.98 Å². The maximum atomic E-state index is 12.9. The number of hydrogen-bond donors (Lipinski definition) is 0. The van der Waals surface area contributed by atoms with Gasteiger partial charge in [-0.05, 0) is 23.6 Å². The predicted molar refractivity (Wildman–Crippen MR) is 115 cm³/mol. The van der Waals surface area contributed by atoms with Gasteiger partial charge in [-0.15, -0.1) is 11.3 Å². The highest BCUT2D eigenvalue weighted by Gasteiger charge is 2.34. The first-order chi connectivity index (χ1) is 15.6. The summed E-state index contributed by atoms with van der Waals surface area (Å²) in [7, 11) is 0. The molecule has 4 rings (SSSR count). The number of anilines is 1. The molecule has 9 nitrogen and oxygen atoms in total. The number of rotatable bonds is 5. The molecule has 0 N–H and O–H groups in total. The third kappa shape index (κ3) is 4.67. The number of amides is 1. The van der Waals surface area contributed by atoms with Crippen molar-refractivity contribution in [3.8, 4) is 0 Å². The van der Waals surface area contributed by atoms with Crippen LogP contribution in [0.3, 0.4) is 0 Å². The zero-order chi connectivity index (χ0) is 23.8. The minimum atomic E-state index is -4.68. The van der Waals surface area contributed by atoms with Gasteiger partial charge in [0.05, 0.1) is 22.2 Å². The Morgan fingerprint density at radius 3 is 2.58 bits per heavy atom. The number of alkyl halides is 3. The Kier molecular flexibility index (Phi) is 6.06. The number of nitro benzene ring substituents is 1. The number of nitrogens with zero attached hydrogens (tertiary/aromatic N) is 5. The van der Waals surface area contributed by atoms with Crippen molar-refractivity contribution >= 4 is 38.8 Å². The number of halogens is 3. The van der Waals surface area contributed by atoms with Crippen LogP contribution in [0.5, 0.6) is 0 Å². The first-order valence-electron chi connectivity index (χ1n) is 9.96. The normalized spacial score (nSPS) is 14.6. The van der Waals surface area contributed by atoms with E-state index in [1.807, 2.05) is 0 Å². The average molecular weight is 481 g/mol. The van der Waals surface area contributed by atoms with Crippen LogP contribution in [-0.4, -0.2) is 51.5 Å². The third-order valence-electron chi connectivity index (χ3n) is 5.49. The fraction of sp³-hybridized carbons (Fsp3) is 0.350. The molecule has 1 aliphatic heterocycles. The van der Waals surface area contributed by atoms with Crippen molar-refractivity contribution in [2.24, 2.45) is 0 Å². The molecular weight excluding hydrogens is 463 g/mol. The van der Waals surface area contributed by atoms with E-state index in [2.05, 4.69) is 4.98 Å². The minimum absolute atomic E-state index is 0.0810. The monoisotopic (exact) mass is 481 g/mol. The molecule has 0 bridgehead atoms. The van der Waals surface area contributed by atoms with Gasteiger partial charge in [0.25, 0.3) is 11.2 Å². The zero-order valence-corrected chi connectivity index (χ0v) is 17.9. The summed E-state index contributed by atoms with van der Waals surface area (Å²) < 4.78 is 40.1. The molecule has 1 aliphatic rings. The molecule has 0 radical (unpaired) electrons. The van der Waals surface area contributed by atoms with Crippen molar-refractivity contribution in [1.29, 1.82) is 0 Å². The Balaban J connectivity index is 1.39. The second-order valence-corrected chi connectivity index (χ2v) is 8.35. The van der Waals surface area contributed by atoms with Crippen molar-refractivity contribution < 1.29 is 22.9 Å². The van der Waals surface area contributed by atoms with E-state index < -0.39 is 22.4 Å². The number of aryl methyl sites for hydroxylation is 1. The van der Waals surface area contributed by atoms with Crippen LogP contribution in [0.2, 0.25) is 0 Å². The van der Waals surface area contributed by atoms with E-state index in [-0.39, 0.29) is 56.3 Å². The Morgan fingerprint density at radius 2 is 1.91 bits per heavy atom. The van der Waals surface area contributed by atoms with Crippen LogP contribution in [0.25, 0.3) is 10.2 Å². The summed E-state index contributed by atoms with van der Waals surface area (Å²) >= 11 is 1.36. The van der Waals surface area contributed by atoms with E-state index in [4.69, 9.17) is 0 Å². The van der Waals surface area contributed by atoms with Gasteiger partial charge in [-0.2, -0.15) is 13.2 Å². The Bertz CT molecular complexity index is 1260. The minimum Gasteiger partial charge on any atom is -0.362 e. The van der Waals surface area contributed by atoms with Gasteiger partial charge in [-0.1, -0.05) is 0 Å². The van der Waals surface area contributed by atoms with Crippen LogP contribution in [0.15, 0.2) is 40.8 Å². The number of hydrogen-bond acceptors (Lipinski definition) is 7. The van der Waals surface area contributed by atoms with E-state index in [9.17, 15) is 32.9 Å². The lowest BCUT2D eigenvalue weighted by atomic mass is 10.1. The SMILES string of the molecule is O=C(CCn1cnc2sccc2c1=O)N1CCN(c2ccc(C(F)(F)F)cc2[N+](=O)[O-])CC1. The molecule has 3 aromatic rings. The summed E-state index contributed by atoms with van der Waals surface area (Å²) in [6.45, 7) is 1.16. The number of carbonyl (C=O) groups is 1. The fourth-order valence-electron chi connectivity index (χ4n) is 3.74. The molecule has 3 heterocycles. The van der Waals surface area contributed by atoms with Crippen molar-refractivity contribution in [1.82, 2.24) is 14.5 Å². The number of benzene rings is 1. The highest BCUT2D eigenvalue weighted by Crippen LogP contribution is 2.36. The highest BCUT2D eigenvalue weighted by atomic mass is 32.1. The van der Waals surface area contributed by atoms with Crippen molar-refractivity contribution in [2.45, 2.75) is 19.1 Å². The number of fused-ring (bicyclic) bond motifs is 1. The third-order valence-corrected chi connectivity index (χ3v) is 6.31. The summed E-state index contributed by atoms with van der Waals surface area (Å²) in [6.07, 6.45) is -3.19. The van der Waals surface area contributed by atoms with Gasteiger partial charge >= 0.3 is 6.18 Å². The molecule has 0 unspecified atom stereocenters. The Hall–Kier alpha value is -3.48. The molecule has 1 aromatic carbocycles. The van der Waals surface area contributed by atoms with Gasteiger partial charge in [0.2, 0.25) is 5.91 Å². The van der Waals surface area contributed by atoms with E-state index in [0.717, 1.165) is 12.1 Å². The molecule has 2 aromatic heterocycles.